The second kappa shape index (κ2) is 10.6. The lowest BCUT2D eigenvalue weighted by atomic mass is 9.87. The van der Waals surface area contributed by atoms with Crippen molar-refractivity contribution in [2.24, 2.45) is 0 Å². The number of hydrogen-bond donors (Lipinski definition) is 1. The van der Waals surface area contributed by atoms with Crippen molar-refractivity contribution in [2.45, 2.75) is 32.0 Å². The van der Waals surface area contributed by atoms with Crippen molar-refractivity contribution < 1.29 is 19.0 Å². The third-order valence-corrected chi connectivity index (χ3v) is 6.44. The van der Waals surface area contributed by atoms with Crippen LogP contribution in [0.25, 0.3) is 0 Å². The molecule has 0 aliphatic carbocycles. The molecule has 0 saturated heterocycles. The van der Waals surface area contributed by atoms with E-state index >= 15 is 0 Å². The van der Waals surface area contributed by atoms with Gasteiger partial charge in [-0.15, -0.1) is 0 Å². The molecule has 0 fully saturated rings. The van der Waals surface area contributed by atoms with Gasteiger partial charge in [0.25, 0.3) is 5.91 Å². The van der Waals surface area contributed by atoms with Crippen molar-refractivity contribution in [3.05, 3.63) is 89.0 Å². The minimum atomic E-state index is -0.136. The van der Waals surface area contributed by atoms with Crippen LogP contribution in [0.4, 0.5) is 0 Å². The number of carbonyl (C=O) groups is 1. The summed E-state index contributed by atoms with van der Waals surface area (Å²) in [6, 6.07) is 21.4. The van der Waals surface area contributed by atoms with Gasteiger partial charge in [-0.3, -0.25) is 9.69 Å². The van der Waals surface area contributed by atoms with Gasteiger partial charge in [-0.25, -0.2) is 0 Å². The summed E-state index contributed by atoms with van der Waals surface area (Å²) >= 11 is 0. The van der Waals surface area contributed by atoms with Gasteiger partial charge in [0.15, 0.2) is 11.5 Å². The number of nitrogens with zero attached hydrogens (tertiary/aromatic N) is 1. The number of amides is 1. The molecule has 0 unspecified atom stereocenters. The van der Waals surface area contributed by atoms with E-state index in [1.807, 2.05) is 42.5 Å². The maximum Gasteiger partial charge on any atom is 0.251 e. The molecule has 0 bridgehead atoms. The van der Waals surface area contributed by atoms with E-state index in [4.69, 9.17) is 14.2 Å². The summed E-state index contributed by atoms with van der Waals surface area (Å²) < 4.78 is 16.5. The molecular weight excluding hydrogens is 428 g/mol. The number of nitrogens with one attached hydrogen (secondary N) is 1. The zero-order valence-electron chi connectivity index (χ0n) is 20.2. The Balaban J connectivity index is 1.67. The van der Waals surface area contributed by atoms with E-state index in [0.717, 1.165) is 36.6 Å². The number of benzene rings is 3. The van der Waals surface area contributed by atoms with Crippen LogP contribution in [0, 0.1) is 0 Å². The maximum absolute atomic E-state index is 13.0. The highest BCUT2D eigenvalue weighted by atomic mass is 16.5. The van der Waals surface area contributed by atoms with Crippen LogP contribution in [0.5, 0.6) is 17.2 Å². The molecule has 1 amide bonds. The molecule has 178 valence electrons. The predicted octanol–water partition coefficient (Wildman–Crippen LogP) is 4.63. The number of ether oxygens (including phenoxy) is 3. The number of rotatable bonds is 8. The summed E-state index contributed by atoms with van der Waals surface area (Å²) in [5.41, 5.74) is 4.21. The van der Waals surface area contributed by atoms with Crippen LogP contribution in [-0.4, -0.2) is 44.7 Å². The first-order valence-corrected chi connectivity index (χ1v) is 11.5. The van der Waals surface area contributed by atoms with E-state index in [0.29, 0.717) is 11.3 Å². The molecule has 0 radical (unpaired) electrons. The number of hydrogen-bond acceptors (Lipinski definition) is 5. The van der Waals surface area contributed by atoms with E-state index in [1.54, 1.807) is 21.3 Å². The summed E-state index contributed by atoms with van der Waals surface area (Å²) in [4.78, 5) is 15.4. The van der Waals surface area contributed by atoms with Crippen LogP contribution in [0.2, 0.25) is 0 Å². The van der Waals surface area contributed by atoms with Gasteiger partial charge in [0.2, 0.25) is 0 Å². The van der Waals surface area contributed by atoms with E-state index in [2.05, 4.69) is 41.4 Å². The maximum atomic E-state index is 13.0. The fourth-order valence-electron chi connectivity index (χ4n) is 4.72. The molecule has 1 heterocycles. The van der Waals surface area contributed by atoms with Crippen molar-refractivity contribution in [1.29, 1.82) is 0 Å². The smallest absolute Gasteiger partial charge is 0.251 e. The third-order valence-electron chi connectivity index (χ3n) is 6.44. The minimum Gasteiger partial charge on any atom is -0.497 e. The Morgan fingerprint density at radius 1 is 0.971 bits per heavy atom. The average Bonchev–Trinajstić information content (AvgIpc) is 2.88. The Morgan fingerprint density at radius 2 is 1.65 bits per heavy atom. The van der Waals surface area contributed by atoms with Gasteiger partial charge in [0.1, 0.15) is 5.75 Å². The summed E-state index contributed by atoms with van der Waals surface area (Å²) in [6.45, 7) is 3.69. The number of fused-ring (bicyclic) bond motifs is 1. The Labute approximate surface area is 201 Å². The standard InChI is InChI=1S/C28H32N2O4/c1-19(29-28(31)21-8-6-5-7-9-21)27-24-17-26(34-4)25(33-3)16-22(24)14-15-30(27)18-20-10-12-23(32-2)13-11-20/h5-13,16-17,19,27H,14-15,18H2,1-4H3,(H,29,31)/t19-,27+/m1/s1. The van der Waals surface area contributed by atoms with E-state index < -0.39 is 0 Å². The van der Waals surface area contributed by atoms with E-state index in [9.17, 15) is 4.79 Å². The molecule has 34 heavy (non-hydrogen) atoms. The second-order valence-electron chi connectivity index (χ2n) is 8.55. The van der Waals surface area contributed by atoms with Crippen LogP contribution >= 0.6 is 0 Å². The lowest BCUT2D eigenvalue weighted by molar-refractivity contribution is 0.0877. The van der Waals surface area contributed by atoms with Crippen LogP contribution in [0.3, 0.4) is 0 Å². The van der Waals surface area contributed by atoms with Crippen LogP contribution in [0.15, 0.2) is 66.7 Å². The first-order valence-electron chi connectivity index (χ1n) is 11.5. The van der Waals surface area contributed by atoms with Crippen molar-refractivity contribution in [2.75, 3.05) is 27.9 Å². The van der Waals surface area contributed by atoms with Gasteiger partial charge in [-0.05, 0) is 66.4 Å². The predicted molar refractivity (Wildman–Crippen MR) is 133 cm³/mol. The molecule has 1 N–H and O–H groups in total. The van der Waals surface area contributed by atoms with Gasteiger partial charge in [0.05, 0.1) is 27.4 Å². The fraction of sp³-hybridized carbons (Fsp3) is 0.321. The molecular formula is C28H32N2O4. The molecule has 1 aliphatic rings. The first-order chi connectivity index (χ1) is 16.5. The molecule has 3 aromatic carbocycles. The molecule has 1 aliphatic heterocycles. The first kappa shape index (κ1) is 23.6. The van der Waals surface area contributed by atoms with Crippen molar-refractivity contribution >= 4 is 5.91 Å². The number of carbonyl (C=O) groups excluding carboxylic acids is 1. The second-order valence-corrected chi connectivity index (χ2v) is 8.55. The highest BCUT2D eigenvalue weighted by Gasteiger charge is 2.34. The zero-order valence-corrected chi connectivity index (χ0v) is 20.2. The minimum absolute atomic E-state index is 0.0293. The number of methoxy groups -OCH3 is 3. The normalized spacial score (nSPS) is 16.3. The Bertz CT molecular complexity index is 1120. The summed E-state index contributed by atoms with van der Waals surface area (Å²) in [6.07, 6.45) is 0.891. The highest BCUT2D eigenvalue weighted by molar-refractivity contribution is 5.94. The highest BCUT2D eigenvalue weighted by Crippen LogP contribution is 2.40. The molecule has 3 aromatic rings. The van der Waals surface area contributed by atoms with E-state index in [1.165, 1.54) is 11.1 Å². The SMILES string of the molecule is COc1ccc(CN2CCc3cc(OC)c(OC)cc3[C@@H]2[C@@H](C)NC(=O)c2ccccc2)cc1. The Kier molecular flexibility index (Phi) is 7.38. The van der Waals surface area contributed by atoms with Crippen LogP contribution in [-0.2, 0) is 13.0 Å². The topological polar surface area (TPSA) is 60.0 Å². The monoisotopic (exact) mass is 460 g/mol. The van der Waals surface area contributed by atoms with Crippen LogP contribution in [0.1, 0.15) is 40.0 Å². The van der Waals surface area contributed by atoms with Gasteiger partial charge in [0, 0.05) is 24.7 Å². The van der Waals surface area contributed by atoms with Crippen molar-refractivity contribution in [3.8, 4) is 17.2 Å². The largest absolute Gasteiger partial charge is 0.497 e. The molecule has 6 heteroatoms. The fourth-order valence-corrected chi connectivity index (χ4v) is 4.72. The van der Waals surface area contributed by atoms with Crippen LogP contribution < -0.4 is 19.5 Å². The third kappa shape index (κ3) is 5.02. The molecule has 4 rings (SSSR count). The van der Waals surface area contributed by atoms with Crippen molar-refractivity contribution in [3.63, 3.8) is 0 Å². The van der Waals surface area contributed by atoms with Gasteiger partial charge < -0.3 is 19.5 Å². The Morgan fingerprint density at radius 3 is 2.29 bits per heavy atom. The molecule has 6 nitrogen and oxygen atoms in total. The molecule has 0 aromatic heterocycles. The quantitative estimate of drug-likeness (QED) is 0.531. The lowest BCUT2D eigenvalue weighted by Crippen LogP contribution is -2.47. The van der Waals surface area contributed by atoms with Gasteiger partial charge in [-0.1, -0.05) is 30.3 Å². The molecule has 0 saturated carbocycles. The van der Waals surface area contributed by atoms with Gasteiger partial charge >= 0.3 is 0 Å². The lowest BCUT2D eigenvalue weighted by Gasteiger charge is -2.41. The van der Waals surface area contributed by atoms with Gasteiger partial charge in [-0.2, -0.15) is 0 Å². The summed E-state index contributed by atoms with van der Waals surface area (Å²) in [5, 5.41) is 3.23. The zero-order chi connectivity index (χ0) is 24.1. The summed E-state index contributed by atoms with van der Waals surface area (Å²) in [5.74, 6) is 2.18. The average molecular weight is 461 g/mol. The van der Waals surface area contributed by atoms with E-state index in [-0.39, 0.29) is 18.0 Å². The van der Waals surface area contributed by atoms with Crippen molar-refractivity contribution in [1.82, 2.24) is 10.2 Å². The Hall–Kier alpha value is -3.51. The molecule has 2 atom stereocenters. The summed E-state index contributed by atoms with van der Waals surface area (Å²) in [7, 11) is 4.98. The molecule has 0 spiro atoms.